The summed E-state index contributed by atoms with van der Waals surface area (Å²) in [5, 5.41) is 2.86. The van der Waals surface area contributed by atoms with Crippen LogP contribution < -0.4 is 10.1 Å². The number of para-hydroxylation sites is 1. The molecule has 2 N–H and O–H groups in total. The molecule has 2 heterocycles. The Morgan fingerprint density at radius 1 is 1.21 bits per heavy atom. The van der Waals surface area contributed by atoms with E-state index in [1.807, 2.05) is 31.2 Å². The number of nitrogens with zero attached hydrogens (tertiary/aromatic N) is 1. The molecule has 1 amide bonds. The van der Waals surface area contributed by atoms with Gasteiger partial charge in [0.15, 0.2) is 0 Å². The topological polar surface area (TPSA) is 91.5 Å². The zero-order valence-electron chi connectivity index (χ0n) is 16.5. The Labute approximate surface area is 166 Å². The van der Waals surface area contributed by atoms with E-state index in [0.29, 0.717) is 37.5 Å². The molecule has 1 aromatic carbocycles. The van der Waals surface area contributed by atoms with Crippen LogP contribution in [0, 0.1) is 13.8 Å². The number of sulfonamides is 1. The lowest BCUT2D eigenvalue weighted by atomic mass is 10.2. The number of carbonyl (C=O) groups is 1. The fraction of sp³-hybridized carbons (Fsp3) is 0.450. The third-order valence-corrected chi connectivity index (χ3v) is 7.14. The van der Waals surface area contributed by atoms with Crippen LogP contribution >= 0.6 is 0 Å². The number of aromatic amines is 1. The van der Waals surface area contributed by atoms with Gasteiger partial charge in [0, 0.05) is 30.9 Å². The minimum Gasteiger partial charge on any atom is -0.494 e. The maximum absolute atomic E-state index is 13.0. The molecule has 0 aliphatic carbocycles. The van der Waals surface area contributed by atoms with Gasteiger partial charge in [0.25, 0.3) is 5.91 Å². The number of hydrogen-bond donors (Lipinski definition) is 2. The van der Waals surface area contributed by atoms with Gasteiger partial charge in [-0.25, -0.2) is 8.42 Å². The molecule has 1 aliphatic heterocycles. The van der Waals surface area contributed by atoms with Crippen LogP contribution in [-0.2, 0) is 16.6 Å². The molecule has 152 valence electrons. The van der Waals surface area contributed by atoms with Crippen LogP contribution in [0.5, 0.6) is 5.75 Å². The number of ether oxygens (including phenoxy) is 1. The molecule has 7 nitrogen and oxygen atoms in total. The predicted molar refractivity (Wildman–Crippen MR) is 107 cm³/mol. The summed E-state index contributed by atoms with van der Waals surface area (Å²) in [5.41, 5.74) is 2.09. The van der Waals surface area contributed by atoms with Gasteiger partial charge in [-0.2, -0.15) is 4.31 Å². The molecule has 0 saturated carbocycles. The standard InChI is InChI=1S/C20H27N3O4S/c1-4-27-17-10-6-5-9-16(17)13-21-20(24)18-14(2)19(15(3)22-18)28(25,26)23-11-7-8-12-23/h5-6,9-10,22H,4,7-8,11-13H2,1-3H3,(H,21,24). The number of aryl methyl sites for hydroxylation is 1. The maximum Gasteiger partial charge on any atom is 0.268 e. The molecule has 1 fully saturated rings. The summed E-state index contributed by atoms with van der Waals surface area (Å²) >= 11 is 0. The summed E-state index contributed by atoms with van der Waals surface area (Å²) in [5.74, 6) is 0.386. The van der Waals surface area contributed by atoms with E-state index in [4.69, 9.17) is 4.74 Å². The molecule has 0 spiro atoms. The minimum absolute atomic E-state index is 0.217. The first-order valence-corrected chi connectivity index (χ1v) is 11.0. The number of rotatable bonds is 7. The third-order valence-electron chi connectivity index (χ3n) is 4.97. The summed E-state index contributed by atoms with van der Waals surface area (Å²) in [7, 11) is -3.59. The fourth-order valence-corrected chi connectivity index (χ4v) is 5.54. The van der Waals surface area contributed by atoms with Gasteiger partial charge in [-0.1, -0.05) is 18.2 Å². The first-order valence-electron chi connectivity index (χ1n) is 9.54. The Balaban J connectivity index is 1.80. The highest BCUT2D eigenvalue weighted by molar-refractivity contribution is 7.89. The molecule has 1 saturated heterocycles. The zero-order chi connectivity index (χ0) is 20.3. The lowest BCUT2D eigenvalue weighted by molar-refractivity contribution is 0.0945. The Morgan fingerprint density at radius 3 is 2.57 bits per heavy atom. The first-order chi connectivity index (χ1) is 13.4. The van der Waals surface area contributed by atoms with Crippen molar-refractivity contribution in [3.8, 4) is 5.75 Å². The first kappa shape index (κ1) is 20.4. The molecule has 0 bridgehead atoms. The summed E-state index contributed by atoms with van der Waals surface area (Å²) in [6, 6.07) is 7.51. The van der Waals surface area contributed by atoms with Gasteiger partial charge in [-0.15, -0.1) is 0 Å². The molecule has 28 heavy (non-hydrogen) atoms. The lowest BCUT2D eigenvalue weighted by Crippen LogP contribution is -2.29. The monoisotopic (exact) mass is 405 g/mol. The van der Waals surface area contributed by atoms with E-state index < -0.39 is 10.0 Å². The van der Waals surface area contributed by atoms with Crippen molar-refractivity contribution in [1.29, 1.82) is 0 Å². The van der Waals surface area contributed by atoms with E-state index in [9.17, 15) is 13.2 Å². The highest BCUT2D eigenvalue weighted by atomic mass is 32.2. The van der Waals surface area contributed by atoms with Crippen molar-refractivity contribution in [2.24, 2.45) is 0 Å². The van der Waals surface area contributed by atoms with Crippen LogP contribution in [0.2, 0.25) is 0 Å². The lowest BCUT2D eigenvalue weighted by Gasteiger charge is -2.16. The number of H-pyrrole nitrogens is 1. The summed E-state index contributed by atoms with van der Waals surface area (Å²) < 4.78 is 33.0. The van der Waals surface area contributed by atoms with E-state index in [-0.39, 0.29) is 16.5 Å². The second-order valence-electron chi connectivity index (χ2n) is 6.91. The summed E-state index contributed by atoms with van der Waals surface area (Å²) in [6.45, 7) is 7.16. The number of nitrogens with one attached hydrogen (secondary N) is 2. The predicted octanol–water partition coefficient (Wildman–Crippen LogP) is 2.74. The molecular formula is C20H27N3O4S. The van der Waals surface area contributed by atoms with E-state index in [0.717, 1.165) is 24.2 Å². The van der Waals surface area contributed by atoms with Crippen LogP contribution in [0.4, 0.5) is 0 Å². The molecule has 8 heteroatoms. The smallest absolute Gasteiger partial charge is 0.268 e. The average molecular weight is 406 g/mol. The van der Waals surface area contributed by atoms with E-state index in [2.05, 4.69) is 10.3 Å². The Morgan fingerprint density at radius 2 is 1.89 bits per heavy atom. The molecule has 3 rings (SSSR count). The van der Waals surface area contributed by atoms with Crippen molar-refractivity contribution in [3.63, 3.8) is 0 Å². The second-order valence-corrected chi connectivity index (χ2v) is 8.79. The second kappa shape index (κ2) is 8.36. The highest BCUT2D eigenvalue weighted by Crippen LogP contribution is 2.28. The van der Waals surface area contributed by atoms with Gasteiger partial charge in [-0.3, -0.25) is 4.79 Å². The molecular weight excluding hydrogens is 378 g/mol. The average Bonchev–Trinajstić information content (AvgIpc) is 3.30. The largest absolute Gasteiger partial charge is 0.494 e. The van der Waals surface area contributed by atoms with Gasteiger partial charge < -0.3 is 15.0 Å². The normalized spacial score (nSPS) is 15.0. The van der Waals surface area contributed by atoms with Crippen LogP contribution in [0.25, 0.3) is 0 Å². The van der Waals surface area contributed by atoms with Crippen molar-refractivity contribution in [2.75, 3.05) is 19.7 Å². The van der Waals surface area contributed by atoms with Crippen molar-refractivity contribution in [1.82, 2.24) is 14.6 Å². The number of hydrogen-bond acceptors (Lipinski definition) is 4. The number of carbonyl (C=O) groups excluding carboxylic acids is 1. The van der Waals surface area contributed by atoms with Crippen LogP contribution in [0.3, 0.4) is 0 Å². The van der Waals surface area contributed by atoms with Crippen LogP contribution in [0.1, 0.15) is 47.1 Å². The molecule has 0 unspecified atom stereocenters. The fourth-order valence-electron chi connectivity index (χ4n) is 3.61. The molecule has 1 aliphatic rings. The Bertz CT molecular complexity index is 960. The third kappa shape index (κ3) is 3.93. The molecule has 0 radical (unpaired) electrons. The van der Waals surface area contributed by atoms with Gasteiger partial charge in [0.1, 0.15) is 16.3 Å². The molecule has 1 aromatic heterocycles. The van der Waals surface area contributed by atoms with Crippen LogP contribution in [0.15, 0.2) is 29.2 Å². The van der Waals surface area contributed by atoms with E-state index in [1.54, 1.807) is 13.8 Å². The summed E-state index contributed by atoms with van der Waals surface area (Å²) in [6.07, 6.45) is 1.74. The Kier molecular flexibility index (Phi) is 6.10. The number of aromatic nitrogens is 1. The van der Waals surface area contributed by atoms with Gasteiger partial charge in [-0.05, 0) is 45.2 Å². The number of amides is 1. The van der Waals surface area contributed by atoms with Crippen molar-refractivity contribution >= 4 is 15.9 Å². The van der Waals surface area contributed by atoms with Gasteiger partial charge in [0.05, 0.1) is 6.61 Å². The van der Waals surface area contributed by atoms with Crippen molar-refractivity contribution in [3.05, 3.63) is 46.8 Å². The van der Waals surface area contributed by atoms with Gasteiger partial charge >= 0.3 is 0 Å². The SMILES string of the molecule is CCOc1ccccc1CNC(=O)c1[nH]c(C)c(S(=O)(=O)N2CCCC2)c1C. The molecule has 2 aromatic rings. The molecule has 0 atom stereocenters. The maximum atomic E-state index is 13.0. The van der Waals surface area contributed by atoms with E-state index in [1.165, 1.54) is 4.31 Å². The van der Waals surface area contributed by atoms with E-state index >= 15 is 0 Å². The quantitative estimate of drug-likeness (QED) is 0.741. The minimum atomic E-state index is -3.59. The highest BCUT2D eigenvalue weighted by Gasteiger charge is 2.33. The van der Waals surface area contributed by atoms with Crippen molar-refractivity contribution < 1.29 is 17.9 Å². The van der Waals surface area contributed by atoms with Gasteiger partial charge in [0.2, 0.25) is 10.0 Å². The Hall–Kier alpha value is -2.32. The number of benzene rings is 1. The summed E-state index contributed by atoms with van der Waals surface area (Å²) in [4.78, 5) is 15.9. The van der Waals surface area contributed by atoms with Crippen LogP contribution in [-0.4, -0.2) is 43.3 Å². The zero-order valence-corrected chi connectivity index (χ0v) is 17.4. The van der Waals surface area contributed by atoms with Crippen molar-refractivity contribution in [2.45, 2.75) is 45.1 Å².